The molecule has 0 aliphatic heterocycles. The summed E-state index contributed by atoms with van der Waals surface area (Å²) in [6.07, 6.45) is 14.8. The van der Waals surface area contributed by atoms with E-state index in [0.29, 0.717) is 5.41 Å². The van der Waals surface area contributed by atoms with Crippen LogP contribution in [0.5, 0.6) is 0 Å². The van der Waals surface area contributed by atoms with Gasteiger partial charge in [-0.25, -0.2) is 0 Å². The van der Waals surface area contributed by atoms with E-state index in [2.05, 4.69) is 31.2 Å². The van der Waals surface area contributed by atoms with Gasteiger partial charge in [0.15, 0.2) is 0 Å². The second-order valence-electron chi connectivity index (χ2n) is 4.15. The molecule has 2 aliphatic rings. The smallest absolute Gasteiger partial charge is 0.00697 e. The summed E-state index contributed by atoms with van der Waals surface area (Å²) < 4.78 is 0. The van der Waals surface area contributed by atoms with Gasteiger partial charge in [-0.2, -0.15) is 0 Å². The van der Waals surface area contributed by atoms with Crippen LogP contribution in [0.25, 0.3) is 0 Å². The lowest BCUT2D eigenvalue weighted by Gasteiger charge is -2.33. The summed E-state index contributed by atoms with van der Waals surface area (Å²) >= 11 is 0. The Morgan fingerprint density at radius 2 is 2.00 bits per heavy atom. The number of hydrogen-bond donors (Lipinski definition) is 0. The minimum atomic E-state index is 0.484. The molecular weight excluding hydrogens is 132 g/mol. The van der Waals surface area contributed by atoms with E-state index in [-0.39, 0.29) is 0 Å². The van der Waals surface area contributed by atoms with Crippen LogP contribution in [-0.2, 0) is 0 Å². The SMILES string of the molecule is CC1CCCC2(C=CC=C2)C1. The molecule has 1 unspecified atom stereocenters. The van der Waals surface area contributed by atoms with E-state index in [1.807, 2.05) is 0 Å². The molecule has 1 atom stereocenters. The van der Waals surface area contributed by atoms with Gasteiger partial charge >= 0.3 is 0 Å². The van der Waals surface area contributed by atoms with Gasteiger partial charge < -0.3 is 0 Å². The Balaban J connectivity index is 2.13. The number of rotatable bonds is 0. The third-order valence-corrected chi connectivity index (χ3v) is 3.04. The highest BCUT2D eigenvalue weighted by Crippen LogP contribution is 2.43. The van der Waals surface area contributed by atoms with Crippen LogP contribution in [0.2, 0.25) is 0 Å². The first kappa shape index (κ1) is 7.15. The normalized spacial score (nSPS) is 33.4. The van der Waals surface area contributed by atoms with E-state index in [1.165, 1.54) is 25.7 Å². The first-order valence-electron chi connectivity index (χ1n) is 4.68. The summed E-state index contributed by atoms with van der Waals surface area (Å²) in [6, 6.07) is 0. The molecule has 0 radical (unpaired) electrons. The van der Waals surface area contributed by atoms with Crippen molar-refractivity contribution in [1.29, 1.82) is 0 Å². The predicted octanol–water partition coefficient (Wildman–Crippen LogP) is 3.31. The van der Waals surface area contributed by atoms with Crippen molar-refractivity contribution < 1.29 is 0 Å². The number of allylic oxidation sites excluding steroid dienone is 4. The van der Waals surface area contributed by atoms with Gasteiger partial charge in [-0.3, -0.25) is 0 Å². The second-order valence-corrected chi connectivity index (χ2v) is 4.15. The maximum atomic E-state index is 2.39. The molecular formula is C11H16. The zero-order valence-electron chi connectivity index (χ0n) is 7.22. The van der Waals surface area contributed by atoms with E-state index in [9.17, 15) is 0 Å². The second kappa shape index (κ2) is 2.51. The summed E-state index contributed by atoms with van der Waals surface area (Å²) in [4.78, 5) is 0. The van der Waals surface area contributed by atoms with E-state index in [1.54, 1.807) is 0 Å². The van der Waals surface area contributed by atoms with E-state index >= 15 is 0 Å². The molecule has 1 saturated carbocycles. The Morgan fingerprint density at radius 1 is 1.27 bits per heavy atom. The molecule has 0 aromatic rings. The van der Waals surface area contributed by atoms with Crippen molar-refractivity contribution in [1.82, 2.24) is 0 Å². The van der Waals surface area contributed by atoms with Crippen molar-refractivity contribution in [2.75, 3.05) is 0 Å². The van der Waals surface area contributed by atoms with Crippen molar-refractivity contribution in [2.24, 2.45) is 11.3 Å². The monoisotopic (exact) mass is 148 g/mol. The zero-order valence-corrected chi connectivity index (χ0v) is 7.22. The summed E-state index contributed by atoms with van der Waals surface area (Å²) in [5.41, 5.74) is 0.484. The van der Waals surface area contributed by atoms with Gasteiger partial charge in [0, 0.05) is 5.41 Å². The molecule has 0 heterocycles. The van der Waals surface area contributed by atoms with Gasteiger partial charge in [0.1, 0.15) is 0 Å². The third kappa shape index (κ3) is 1.26. The Kier molecular flexibility index (Phi) is 1.63. The molecule has 0 N–H and O–H groups in total. The van der Waals surface area contributed by atoms with Gasteiger partial charge in [-0.1, -0.05) is 44.1 Å². The first-order valence-corrected chi connectivity index (χ1v) is 4.68. The molecule has 0 saturated heterocycles. The fourth-order valence-electron chi connectivity index (χ4n) is 2.49. The largest absolute Gasteiger partial charge is 0.0745 e. The molecule has 0 amide bonds. The van der Waals surface area contributed by atoms with Crippen LogP contribution in [0, 0.1) is 11.3 Å². The van der Waals surface area contributed by atoms with E-state index in [0.717, 1.165) is 5.92 Å². The lowest BCUT2D eigenvalue weighted by Crippen LogP contribution is -2.22. The lowest BCUT2D eigenvalue weighted by molar-refractivity contribution is 0.258. The van der Waals surface area contributed by atoms with Crippen LogP contribution in [0.4, 0.5) is 0 Å². The molecule has 2 aliphatic carbocycles. The molecule has 0 aromatic carbocycles. The average molecular weight is 148 g/mol. The van der Waals surface area contributed by atoms with Crippen molar-refractivity contribution in [3.63, 3.8) is 0 Å². The molecule has 60 valence electrons. The Morgan fingerprint density at radius 3 is 2.64 bits per heavy atom. The molecule has 11 heavy (non-hydrogen) atoms. The zero-order chi connectivity index (χ0) is 7.73. The summed E-state index contributed by atoms with van der Waals surface area (Å²) in [7, 11) is 0. The molecule has 1 spiro atoms. The van der Waals surface area contributed by atoms with Gasteiger partial charge in [0.2, 0.25) is 0 Å². The third-order valence-electron chi connectivity index (χ3n) is 3.04. The van der Waals surface area contributed by atoms with Crippen molar-refractivity contribution in [2.45, 2.75) is 32.6 Å². The molecule has 0 nitrogen and oxygen atoms in total. The van der Waals surface area contributed by atoms with Gasteiger partial charge in [0.25, 0.3) is 0 Å². The summed E-state index contributed by atoms with van der Waals surface area (Å²) in [6.45, 7) is 2.38. The van der Waals surface area contributed by atoms with E-state index < -0.39 is 0 Å². The Hall–Kier alpha value is -0.520. The summed E-state index contributed by atoms with van der Waals surface area (Å²) in [5.74, 6) is 0.927. The molecule has 1 fully saturated rings. The maximum absolute atomic E-state index is 2.39. The molecule has 0 bridgehead atoms. The minimum Gasteiger partial charge on any atom is -0.0745 e. The highest BCUT2D eigenvalue weighted by Gasteiger charge is 2.31. The minimum absolute atomic E-state index is 0.484. The van der Waals surface area contributed by atoms with Gasteiger partial charge in [-0.15, -0.1) is 0 Å². The number of hydrogen-bond acceptors (Lipinski definition) is 0. The van der Waals surface area contributed by atoms with Crippen LogP contribution in [0.3, 0.4) is 0 Å². The van der Waals surface area contributed by atoms with Crippen molar-refractivity contribution in [3.8, 4) is 0 Å². The Bertz CT molecular complexity index is 186. The van der Waals surface area contributed by atoms with Crippen molar-refractivity contribution >= 4 is 0 Å². The lowest BCUT2D eigenvalue weighted by atomic mass is 9.71. The predicted molar refractivity (Wildman–Crippen MR) is 48.3 cm³/mol. The fourth-order valence-corrected chi connectivity index (χ4v) is 2.49. The highest BCUT2D eigenvalue weighted by atomic mass is 14.4. The van der Waals surface area contributed by atoms with E-state index in [4.69, 9.17) is 0 Å². The van der Waals surface area contributed by atoms with Crippen LogP contribution in [0.1, 0.15) is 32.6 Å². The van der Waals surface area contributed by atoms with Crippen LogP contribution in [-0.4, -0.2) is 0 Å². The fraction of sp³-hybridized carbons (Fsp3) is 0.636. The topological polar surface area (TPSA) is 0 Å². The standard InChI is InChI=1S/C11H16/c1-10-5-4-8-11(9-10)6-2-3-7-11/h2-3,6-7,10H,4-5,8-9H2,1H3. The van der Waals surface area contributed by atoms with Crippen LogP contribution >= 0.6 is 0 Å². The van der Waals surface area contributed by atoms with Gasteiger partial charge in [-0.05, 0) is 18.8 Å². The molecule has 0 aromatic heterocycles. The van der Waals surface area contributed by atoms with Crippen LogP contribution in [0.15, 0.2) is 24.3 Å². The average Bonchev–Trinajstić information content (AvgIpc) is 2.37. The molecule has 0 heteroatoms. The first-order chi connectivity index (χ1) is 5.31. The highest BCUT2D eigenvalue weighted by molar-refractivity contribution is 5.25. The van der Waals surface area contributed by atoms with Gasteiger partial charge in [0.05, 0.1) is 0 Å². The molecule has 2 rings (SSSR count). The Labute approximate surface area is 69.0 Å². The quantitative estimate of drug-likeness (QED) is 0.494. The van der Waals surface area contributed by atoms with Crippen LogP contribution < -0.4 is 0 Å². The maximum Gasteiger partial charge on any atom is 0.00697 e. The summed E-state index contributed by atoms with van der Waals surface area (Å²) in [5, 5.41) is 0. The van der Waals surface area contributed by atoms with Crippen molar-refractivity contribution in [3.05, 3.63) is 24.3 Å².